The highest BCUT2D eigenvalue weighted by molar-refractivity contribution is 7.15. The maximum Gasteiger partial charge on any atom is 0.271 e. The normalized spacial score (nSPS) is 11.2. The highest BCUT2D eigenvalue weighted by atomic mass is 32.1. The van der Waals surface area contributed by atoms with Gasteiger partial charge in [0.1, 0.15) is 11.5 Å². The van der Waals surface area contributed by atoms with Crippen LogP contribution in [0.5, 0.6) is 0 Å². The number of carbonyl (C=O) groups is 1. The SMILES string of the molecule is CCN(CCCCO)C(=O)c1csc2nc(-c3cccc(F)c3)cn12. The van der Waals surface area contributed by atoms with E-state index in [1.165, 1.54) is 23.5 Å². The van der Waals surface area contributed by atoms with Gasteiger partial charge in [0.05, 0.1) is 5.69 Å². The molecule has 5 nitrogen and oxygen atoms in total. The number of unbranched alkanes of at least 4 members (excludes halogenated alkanes) is 1. The number of hydrogen-bond donors (Lipinski definition) is 1. The Bertz CT molecular complexity index is 874. The van der Waals surface area contributed by atoms with E-state index in [-0.39, 0.29) is 18.3 Å². The second-order valence-corrected chi connectivity index (χ2v) is 6.56. The van der Waals surface area contributed by atoms with Crippen molar-refractivity contribution in [3.8, 4) is 11.3 Å². The zero-order valence-electron chi connectivity index (χ0n) is 14.0. The summed E-state index contributed by atoms with van der Waals surface area (Å²) in [6, 6.07) is 6.26. The standard InChI is InChI=1S/C18H20FN3O2S/c1-2-21(8-3-4-9-23)17(24)16-12-25-18-20-15(11-22(16)18)13-6-5-7-14(19)10-13/h5-7,10-12,23H,2-4,8-9H2,1H3. The van der Waals surface area contributed by atoms with E-state index in [4.69, 9.17) is 5.11 Å². The molecule has 0 atom stereocenters. The third kappa shape index (κ3) is 3.72. The summed E-state index contributed by atoms with van der Waals surface area (Å²) >= 11 is 1.39. The highest BCUT2D eigenvalue weighted by Crippen LogP contribution is 2.25. The van der Waals surface area contributed by atoms with Gasteiger partial charge in [0.2, 0.25) is 0 Å². The van der Waals surface area contributed by atoms with Crippen molar-refractivity contribution < 1.29 is 14.3 Å². The number of aliphatic hydroxyl groups is 1. The van der Waals surface area contributed by atoms with Gasteiger partial charge in [-0.2, -0.15) is 0 Å². The van der Waals surface area contributed by atoms with Gasteiger partial charge in [-0.1, -0.05) is 12.1 Å². The number of halogens is 1. The lowest BCUT2D eigenvalue weighted by Crippen LogP contribution is -2.32. The fourth-order valence-electron chi connectivity index (χ4n) is 2.70. The molecule has 2 aromatic heterocycles. The van der Waals surface area contributed by atoms with Crippen LogP contribution in [0.25, 0.3) is 16.2 Å². The van der Waals surface area contributed by atoms with Crippen molar-refractivity contribution in [1.29, 1.82) is 0 Å². The topological polar surface area (TPSA) is 57.8 Å². The molecular weight excluding hydrogens is 341 g/mol. The molecule has 3 rings (SSSR count). The Kier molecular flexibility index (Phi) is 5.45. The Balaban J connectivity index is 1.88. The van der Waals surface area contributed by atoms with E-state index in [1.807, 2.05) is 6.92 Å². The zero-order chi connectivity index (χ0) is 17.8. The van der Waals surface area contributed by atoms with Crippen LogP contribution in [0, 0.1) is 5.82 Å². The zero-order valence-corrected chi connectivity index (χ0v) is 14.8. The van der Waals surface area contributed by atoms with Crippen molar-refractivity contribution in [3.63, 3.8) is 0 Å². The summed E-state index contributed by atoms with van der Waals surface area (Å²) in [4.78, 5) is 19.8. The Morgan fingerprint density at radius 2 is 2.24 bits per heavy atom. The average molecular weight is 361 g/mol. The van der Waals surface area contributed by atoms with Crippen LogP contribution in [-0.2, 0) is 0 Å². The molecule has 25 heavy (non-hydrogen) atoms. The summed E-state index contributed by atoms with van der Waals surface area (Å²) in [6.07, 6.45) is 3.22. The Morgan fingerprint density at radius 3 is 2.96 bits per heavy atom. The van der Waals surface area contributed by atoms with Crippen molar-refractivity contribution in [2.45, 2.75) is 19.8 Å². The summed E-state index contributed by atoms with van der Waals surface area (Å²) in [5.41, 5.74) is 1.88. The molecule has 132 valence electrons. The molecule has 0 saturated heterocycles. The molecule has 3 aromatic rings. The molecule has 0 spiro atoms. The molecule has 0 fully saturated rings. The quantitative estimate of drug-likeness (QED) is 0.656. The van der Waals surface area contributed by atoms with E-state index >= 15 is 0 Å². The van der Waals surface area contributed by atoms with E-state index < -0.39 is 0 Å². The number of rotatable bonds is 7. The largest absolute Gasteiger partial charge is 0.396 e. The van der Waals surface area contributed by atoms with E-state index in [1.54, 1.807) is 33.0 Å². The number of carbonyl (C=O) groups excluding carboxylic acids is 1. The number of amides is 1. The van der Waals surface area contributed by atoms with E-state index in [9.17, 15) is 9.18 Å². The number of benzene rings is 1. The molecule has 0 radical (unpaired) electrons. The van der Waals surface area contributed by atoms with Gasteiger partial charge >= 0.3 is 0 Å². The molecule has 0 saturated carbocycles. The van der Waals surface area contributed by atoms with Crippen molar-refractivity contribution in [2.75, 3.05) is 19.7 Å². The molecule has 0 aliphatic carbocycles. The summed E-state index contributed by atoms with van der Waals surface area (Å²) in [6.45, 7) is 3.28. The van der Waals surface area contributed by atoms with Crippen molar-refractivity contribution in [3.05, 3.63) is 47.4 Å². The molecule has 0 bridgehead atoms. The third-order valence-corrected chi connectivity index (χ3v) is 4.89. The van der Waals surface area contributed by atoms with Gasteiger partial charge in [-0.05, 0) is 31.9 Å². The molecule has 7 heteroatoms. The van der Waals surface area contributed by atoms with Gasteiger partial charge in [0.25, 0.3) is 5.91 Å². The van der Waals surface area contributed by atoms with E-state index in [2.05, 4.69) is 4.98 Å². The molecule has 1 N–H and O–H groups in total. The van der Waals surface area contributed by atoms with Crippen LogP contribution in [0.2, 0.25) is 0 Å². The number of fused-ring (bicyclic) bond motifs is 1. The number of hydrogen-bond acceptors (Lipinski definition) is 4. The van der Waals surface area contributed by atoms with Crippen LogP contribution in [0.15, 0.2) is 35.8 Å². The molecule has 0 unspecified atom stereocenters. The summed E-state index contributed by atoms with van der Waals surface area (Å²) < 4.78 is 15.2. The molecule has 1 amide bonds. The van der Waals surface area contributed by atoms with Gasteiger partial charge in [0.15, 0.2) is 4.96 Å². The smallest absolute Gasteiger partial charge is 0.271 e. The van der Waals surface area contributed by atoms with Gasteiger partial charge in [0, 0.05) is 36.8 Å². The van der Waals surface area contributed by atoms with Crippen LogP contribution in [0.1, 0.15) is 30.3 Å². The summed E-state index contributed by atoms with van der Waals surface area (Å²) in [5, 5.41) is 10.7. The van der Waals surface area contributed by atoms with Gasteiger partial charge in [-0.25, -0.2) is 9.37 Å². The molecule has 1 aromatic carbocycles. The first-order valence-corrected chi connectivity index (χ1v) is 9.14. The summed E-state index contributed by atoms with van der Waals surface area (Å²) in [5.74, 6) is -0.374. The van der Waals surface area contributed by atoms with E-state index in [0.717, 1.165) is 6.42 Å². The van der Waals surface area contributed by atoms with Crippen LogP contribution >= 0.6 is 11.3 Å². The van der Waals surface area contributed by atoms with Gasteiger partial charge in [-0.15, -0.1) is 11.3 Å². The first kappa shape index (κ1) is 17.6. The lowest BCUT2D eigenvalue weighted by Gasteiger charge is -2.20. The molecule has 2 heterocycles. The van der Waals surface area contributed by atoms with Crippen molar-refractivity contribution in [1.82, 2.24) is 14.3 Å². The van der Waals surface area contributed by atoms with Gasteiger partial charge in [-0.3, -0.25) is 9.20 Å². The number of aliphatic hydroxyl groups excluding tert-OH is 1. The monoisotopic (exact) mass is 361 g/mol. The molecular formula is C18H20FN3O2S. The Morgan fingerprint density at radius 1 is 1.40 bits per heavy atom. The van der Waals surface area contributed by atoms with Crippen molar-refractivity contribution in [2.24, 2.45) is 0 Å². The highest BCUT2D eigenvalue weighted by Gasteiger charge is 2.19. The third-order valence-electron chi connectivity index (χ3n) is 4.05. The number of aromatic nitrogens is 2. The predicted molar refractivity (Wildman–Crippen MR) is 96.4 cm³/mol. The van der Waals surface area contributed by atoms with Gasteiger partial charge < -0.3 is 10.0 Å². The summed E-state index contributed by atoms with van der Waals surface area (Å²) in [7, 11) is 0. The minimum Gasteiger partial charge on any atom is -0.396 e. The second kappa shape index (κ2) is 7.76. The minimum absolute atomic E-state index is 0.0603. The molecule has 0 aliphatic rings. The van der Waals surface area contributed by atoms with E-state index in [0.29, 0.717) is 41.4 Å². The number of thiazole rings is 1. The Labute approximate surface area is 149 Å². The number of imidazole rings is 1. The van der Waals surface area contributed by atoms with Crippen LogP contribution in [0.4, 0.5) is 4.39 Å². The number of nitrogens with zero attached hydrogens (tertiary/aromatic N) is 3. The molecule has 0 aliphatic heterocycles. The first-order valence-electron chi connectivity index (χ1n) is 8.26. The van der Waals surface area contributed by atoms with Crippen LogP contribution in [0.3, 0.4) is 0 Å². The minimum atomic E-state index is -0.314. The van der Waals surface area contributed by atoms with Crippen LogP contribution in [-0.4, -0.2) is 45.0 Å². The maximum atomic E-state index is 13.4. The van der Waals surface area contributed by atoms with Crippen LogP contribution < -0.4 is 0 Å². The maximum absolute atomic E-state index is 13.4. The predicted octanol–water partition coefficient (Wildman–Crippen LogP) is 3.44. The lowest BCUT2D eigenvalue weighted by atomic mass is 10.2. The lowest BCUT2D eigenvalue weighted by molar-refractivity contribution is 0.0752. The Hall–Kier alpha value is -2.25. The van der Waals surface area contributed by atoms with Crippen molar-refractivity contribution >= 4 is 22.2 Å². The first-order chi connectivity index (χ1) is 12.1. The average Bonchev–Trinajstić information content (AvgIpc) is 3.19. The fraction of sp³-hybridized carbons (Fsp3) is 0.333. The second-order valence-electron chi connectivity index (χ2n) is 5.73. The fourth-order valence-corrected chi connectivity index (χ4v) is 3.55.